The average Bonchev–Trinajstić information content (AvgIpc) is 2.90. The Bertz CT molecular complexity index is 698. The lowest BCUT2D eigenvalue weighted by atomic mass is 10.2. The molecular formula is C15H16ClN5. The molecule has 2 heterocycles. The maximum Gasteiger partial charge on any atom is 0.157 e. The monoisotopic (exact) mass is 301 g/mol. The van der Waals surface area contributed by atoms with E-state index in [9.17, 15) is 0 Å². The highest BCUT2D eigenvalue weighted by Crippen LogP contribution is 2.24. The third-order valence-corrected chi connectivity index (χ3v) is 3.75. The first-order chi connectivity index (χ1) is 10.1. The molecule has 1 aliphatic heterocycles. The molecule has 0 aliphatic carbocycles. The Morgan fingerprint density at radius 1 is 1.24 bits per heavy atom. The molecule has 1 fully saturated rings. The molecule has 0 amide bonds. The van der Waals surface area contributed by atoms with Crippen LogP contribution in [0.3, 0.4) is 0 Å². The van der Waals surface area contributed by atoms with E-state index in [0.29, 0.717) is 5.82 Å². The number of rotatable bonds is 2. The van der Waals surface area contributed by atoms with Gasteiger partial charge in [0.1, 0.15) is 12.2 Å². The molecule has 0 radical (unpaired) electrons. The normalized spacial score (nSPS) is 16.3. The van der Waals surface area contributed by atoms with Gasteiger partial charge in [-0.2, -0.15) is 0 Å². The van der Waals surface area contributed by atoms with Gasteiger partial charge < -0.3 is 0 Å². The number of hydrogen-bond donors (Lipinski definition) is 1. The average molecular weight is 302 g/mol. The number of amidine groups is 1. The second-order valence-electron chi connectivity index (χ2n) is 5.02. The molecule has 1 saturated heterocycles. The molecule has 0 bridgehead atoms. The number of aryl methyl sites for hydroxylation is 2. The van der Waals surface area contributed by atoms with Gasteiger partial charge in [-0.3, -0.25) is 10.4 Å². The van der Waals surface area contributed by atoms with Crippen molar-refractivity contribution in [3.8, 4) is 0 Å². The molecular weight excluding hydrogens is 286 g/mol. The van der Waals surface area contributed by atoms with E-state index in [4.69, 9.17) is 11.6 Å². The van der Waals surface area contributed by atoms with E-state index < -0.39 is 0 Å². The van der Waals surface area contributed by atoms with Crippen LogP contribution < -0.4 is 10.4 Å². The predicted molar refractivity (Wildman–Crippen MR) is 85.2 cm³/mol. The molecule has 0 saturated carbocycles. The van der Waals surface area contributed by atoms with E-state index in [0.717, 1.165) is 40.8 Å². The zero-order valence-corrected chi connectivity index (χ0v) is 12.7. The van der Waals surface area contributed by atoms with Crippen molar-refractivity contribution in [1.29, 1.82) is 0 Å². The predicted octanol–water partition coefficient (Wildman–Crippen LogP) is 3.19. The molecule has 2 aromatic rings. The van der Waals surface area contributed by atoms with Crippen molar-refractivity contribution in [2.24, 2.45) is 4.99 Å². The molecule has 21 heavy (non-hydrogen) atoms. The number of halogens is 1. The summed E-state index contributed by atoms with van der Waals surface area (Å²) in [5.41, 5.74) is 6.30. The minimum absolute atomic E-state index is 0.675. The topological polar surface area (TPSA) is 53.4 Å². The van der Waals surface area contributed by atoms with E-state index in [1.807, 2.05) is 43.1 Å². The summed E-state index contributed by atoms with van der Waals surface area (Å²) >= 11 is 6.17. The lowest BCUT2D eigenvalue weighted by Gasteiger charge is -2.18. The summed E-state index contributed by atoms with van der Waals surface area (Å²) in [6.45, 7) is 4.77. The van der Waals surface area contributed by atoms with Crippen molar-refractivity contribution in [2.75, 3.05) is 11.6 Å². The molecule has 0 atom stereocenters. The van der Waals surface area contributed by atoms with Crippen LogP contribution in [0.1, 0.15) is 17.7 Å². The zero-order valence-electron chi connectivity index (χ0n) is 12.0. The van der Waals surface area contributed by atoms with Crippen LogP contribution in [0.15, 0.2) is 35.6 Å². The van der Waals surface area contributed by atoms with Gasteiger partial charge in [0.15, 0.2) is 5.82 Å². The standard InChI is InChI=1S/C15H16ClN5/c1-10-3-4-12(8-13(10)16)21-6-5-14(20-21)19-15-7-11(2)17-9-18-15/h3-4,7-9H,5-6H2,1-2H3,(H,17,18,19,20). The van der Waals surface area contributed by atoms with Crippen molar-refractivity contribution < 1.29 is 0 Å². The molecule has 0 unspecified atom stereocenters. The SMILES string of the molecule is Cc1cc(N=C2CCN(c3ccc(C)c(Cl)c3)N2)ncn1. The number of hydrazine groups is 1. The van der Waals surface area contributed by atoms with E-state index in [2.05, 4.69) is 20.4 Å². The van der Waals surface area contributed by atoms with Crippen LogP contribution in [0.5, 0.6) is 0 Å². The van der Waals surface area contributed by atoms with Gasteiger partial charge in [0.25, 0.3) is 0 Å². The molecule has 108 valence electrons. The van der Waals surface area contributed by atoms with Crippen LogP contribution in [0.25, 0.3) is 0 Å². The number of benzene rings is 1. The van der Waals surface area contributed by atoms with Crippen LogP contribution in [0.2, 0.25) is 5.02 Å². The number of anilines is 1. The van der Waals surface area contributed by atoms with Crippen LogP contribution >= 0.6 is 11.6 Å². The fourth-order valence-corrected chi connectivity index (χ4v) is 2.32. The lowest BCUT2D eigenvalue weighted by molar-refractivity contribution is 0.857. The first kappa shape index (κ1) is 13.8. The van der Waals surface area contributed by atoms with Gasteiger partial charge in [0, 0.05) is 29.7 Å². The maximum atomic E-state index is 6.17. The highest BCUT2D eigenvalue weighted by molar-refractivity contribution is 6.31. The first-order valence-electron chi connectivity index (χ1n) is 6.78. The Morgan fingerprint density at radius 3 is 2.86 bits per heavy atom. The molecule has 1 aliphatic rings. The van der Waals surface area contributed by atoms with Crippen molar-refractivity contribution >= 4 is 28.9 Å². The molecule has 3 rings (SSSR count). The second kappa shape index (κ2) is 5.69. The number of aliphatic imine (C=N–C) groups is 1. The highest BCUT2D eigenvalue weighted by atomic mass is 35.5. The van der Waals surface area contributed by atoms with Crippen molar-refractivity contribution in [3.05, 3.63) is 46.9 Å². The molecule has 1 aromatic carbocycles. The molecule has 1 aromatic heterocycles. The van der Waals surface area contributed by atoms with Gasteiger partial charge >= 0.3 is 0 Å². The third-order valence-electron chi connectivity index (χ3n) is 3.34. The summed E-state index contributed by atoms with van der Waals surface area (Å²) in [5.74, 6) is 1.57. The fraction of sp³-hybridized carbons (Fsp3) is 0.267. The Morgan fingerprint density at radius 2 is 2.10 bits per heavy atom. The number of aromatic nitrogens is 2. The minimum Gasteiger partial charge on any atom is -0.286 e. The van der Waals surface area contributed by atoms with Gasteiger partial charge in [-0.1, -0.05) is 17.7 Å². The Balaban J connectivity index is 1.77. The fourth-order valence-electron chi connectivity index (χ4n) is 2.15. The van der Waals surface area contributed by atoms with E-state index >= 15 is 0 Å². The van der Waals surface area contributed by atoms with E-state index in [-0.39, 0.29) is 0 Å². The maximum absolute atomic E-state index is 6.17. The minimum atomic E-state index is 0.675. The molecule has 6 heteroatoms. The Hall–Kier alpha value is -2.14. The van der Waals surface area contributed by atoms with Crippen LogP contribution in [-0.2, 0) is 0 Å². The molecule has 0 spiro atoms. The lowest BCUT2D eigenvalue weighted by Crippen LogP contribution is -2.33. The quantitative estimate of drug-likeness (QED) is 0.925. The van der Waals surface area contributed by atoms with Gasteiger partial charge in [-0.05, 0) is 31.5 Å². The van der Waals surface area contributed by atoms with Gasteiger partial charge in [0.05, 0.1) is 5.69 Å². The Kier molecular flexibility index (Phi) is 3.75. The van der Waals surface area contributed by atoms with Crippen LogP contribution in [0.4, 0.5) is 11.5 Å². The second-order valence-corrected chi connectivity index (χ2v) is 5.43. The number of nitrogens with one attached hydrogen (secondary N) is 1. The van der Waals surface area contributed by atoms with Gasteiger partial charge in [0.2, 0.25) is 0 Å². The van der Waals surface area contributed by atoms with Crippen molar-refractivity contribution in [1.82, 2.24) is 15.4 Å². The molecule has 1 N–H and O–H groups in total. The van der Waals surface area contributed by atoms with Gasteiger partial charge in [-0.25, -0.2) is 15.0 Å². The summed E-state index contributed by atoms with van der Waals surface area (Å²) in [5, 5.41) is 2.81. The molecule has 5 nitrogen and oxygen atoms in total. The van der Waals surface area contributed by atoms with E-state index in [1.165, 1.54) is 6.33 Å². The first-order valence-corrected chi connectivity index (χ1v) is 7.16. The summed E-state index contributed by atoms with van der Waals surface area (Å²) in [4.78, 5) is 12.7. The van der Waals surface area contributed by atoms with Crippen LogP contribution in [-0.4, -0.2) is 22.3 Å². The highest BCUT2D eigenvalue weighted by Gasteiger charge is 2.18. The van der Waals surface area contributed by atoms with Crippen molar-refractivity contribution in [3.63, 3.8) is 0 Å². The summed E-state index contributed by atoms with van der Waals surface area (Å²) in [6, 6.07) is 7.88. The largest absolute Gasteiger partial charge is 0.286 e. The van der Waals surface area contributed by atoms with Gasteiger partial charge in [-0.15, -0.1) is 0 Å². The van der Waals surface area contributed by atoms with E-state index in [1.54, 1.807) is 0 Å². The van der Waals surface area contributed by atoms with Crippen LogP contribution in [0, 0.1) is 13.8 Å². The number of hydrogen-bond acceptors (Lipinski definition) is 4. The number of nitrogens with zero attached hydrogens (tertiary/aromatic N) is 4. The third kappa shape index (κ3) is 3.13. The van der Waals surface area contributed by atoms with Crippen molar-refractivity contribution in [2.45, 2.75) is 20.3 Å². The summed E-state index contributed by atoms with van der Waals surface area (Å²) in [6.07, 6.45) is 2.37. The summed E-state index contributed by atoms with van der Waals surface area (Å²) < 4.78 is 0. The Labute approximate surface area is 128 Å². The smallest absolute Gasteiger partial charge is 0.157 e. The zero-order chi connectivity index (χ0) is 14.8. The summed E-state index contributed by atoms with van der Waals surface area (Å²) in [7, 11) is 0.